The van der Waals surface area contributed by atoms with Crippen molar-refractivity contribution in [2.75, 3.05) is 36.1 Å². The van der Waals surface area contributed by atoms with Crippen molar-refractivity contribution >= 4 is 34.6 Å². The molecule has 1 amide bonds. The Hall–Kier alpha value is -2.44. The number of aryl methyl sites for hydroxylation is 1. The first-order valence-electron chi connectivity index (χ1n) is 9.16. The van der Waals surface area contributed by atoms with Gasteiger partial charge in [-0.2, -0.15) is 0 Å². The highest BCUT2D eigenvalue weighted by Gasteiger charge is 2.47. The first kappa shape index (κ1) is 17.9. The summed E-state index contributed by atoms with van der Waals surface area (Å²) in [6.45, 7) is 7.17. The Morgan fingerprint density at radius 2 is 1.78 bits per heavy atom. The molecule has 1 atom stereocenters. The largest absolute Gasteiger partial charge is 0.378 e. The minimum absolute atomic E-state index is 0.0581. The SMILES string of the molecule is Cc1cccc(N2C(=O)C(C)(c3ccc(N4CCOCC4)cc3)NC2=S)c1. The second-order valence-electron chi connectivity index (χ2n) is 7.18. The van der Waals surface area contributed by atoms with E-state index in [-0.39, 0.29) is 5.91 Å². The average molecular weight is 382 g/mol. The molecule has 0 bridgehead atoms. The number of anilines is 2. The molecule has 2 aliphatic heterocycles. The highest BCUT2D eigenvalue weighted by Crippen LogP contribution is 2.33. The van der Waals surface area contributed by atoms with Gasteiger partial charge in [-0.1, -0.05) is 24.3 Å². The van der Waals surface area contributed by atoms with Gasteiger partial charge in [0.15, 0.2) is 5.11 Å². The van der Waals surface area contributed by atoms with E-state index in [1.54, 1.807) is 4.90 Å². The molecule has 0 saturated carbocycles. The summed E-state index contributed by atoms with van der Waals surface area (Å²) in [5.41, 5.74) is 3.07. The van der Waals surface area contributed by atoms with Crippen molar-refractivity contribution in [1.29, 1.82) is 0 Å². The molecular formula is C21H23N3O2S. The third kappa shape index (κ3) is 3.19. The van der Waals surface area contributed by atoms with E-state index in [2.05, 4.69) is 22.3 Å². The number of nitrogens with one attached hydrogen (secondary N) is 1. The molecule has 2 heterocycles. The minimum atomic E-state index is -0.871. The summed E-state index contributed by atoms with van der Waals surface area (Å²) in [5.74, 6) is -0.0581. The maximum absolute atomic E-state index is 13.3. The fraction of sp³-hybridized carbons (Fsp3) is 0.333. The monoisotopic (exact) mass is 381 g/mol. The van der Waals surface area contributed by atoms with Crippen LogP contribution in [-0.2, 0) is 15.1 Å². The molecule has 0 radical (unpaired) electrons. The third-order valence-corrected chi connectivity index (χ3v) is 5.56. The van der Waals surface area contributed by atoms with E-state index in [4.69, 9.17) is 17.0 Å². The van der Waals surface area contributed by atoms with E-state index in [0.717, 1.165) is 48.8 Å². The maximum atomic E-state index is 13.3. The number of carbonyl (C=O) groups excluding carboxylic acids is 1. The predicted molar refractivity (Wildman–Crippen MR) is 111 cm³/mol. The molecule has 2 fully saturated rings. The molecule has 6 heteroatoms. The van der Waals surface area contributed by atoms with Gasteiger partial charge in [0.1, 0.15) is 5.54 Å². The van der Waals surface area contributed by atoms with Crippen LogP contribution in [0.3, 0.4) is 0 Å². The van der Waals surface area contributed by atoms with Gasteiger partial charge in [0, 0.05) is 18.8 Å². The average Bonchev–Trinajstić information content (AvgIpc) is 2.92. The van der Waals surface area contributed by atoms with Crippen molar-refractivity contribution in [3.05, 3.63) is 59.7 Å². The Morgan fingerprint density at radius 3 is 2.44 bits per heavy atom. The molecule has 1 unspecified atom stereocenters. The molecule has 0 spiro atoms. The minimum Gasteiger partial charge on any atom is -0.378 e. The summed E-state index contributed by atoms with van der Waals surface area (Å²) in [4.78, 5) is 17.2. The molecule has 2 aromatic rings. The summed E-state index contributed by atoms with van der Waals surface area (Å²) < 4.78 is 5.41. The normalized spacial score (nSPS) is 22.9. The molecule has 2 aliphatic rings. The van der Waals surface area contributed by atoms with Crippen LogP contribution in [0, 0.1) is 6.92 Å². The maximum Gasteiger partial charge on any atom is 0.263 e. The summed E-state index contributed by atoms with van der Waals surface area (Å²) in [6.07, 6.45) is 0. The Bertz CT molecular complexity index is 877. The van der Waals surface area contributed by atoms with Crippen molar-refractivity contribution in [1.82, 2.24) is 5.32 Å². The van der Waals surface area contributed by atoms with Crippen molar-refractivity contribution < 1.29 is 9.53 Å². The first-order chi connectivity index (χ1) is 13.0. The van der Waals surface area contributed by atoms with Gasteiger partial charge >= 0.3 is 0 Å². The fourth-order valence-electron chi connectivity index (χ4n) is 3.66. The Morgan fingerprint density at radius 1 is 1.07 bits per heavy atom. The van der Waals surface area contributed by atoms with Crippen LogP contribution in [-0.4, -0.2) is 37.3 Å². The van der Waals surface area contributed by atoms with Crippen LogP contribution in [0.15, 0.2) is 48.5 Å². The third-order valence-electron chi connectivity index (χ3n) is 5.27. The molecule has 1 N–H and O–H groups in total. The lowest BCUT2D eigenvalue weighted by molar-refractivity contribution is -0.121. The zero-order valence-corrected chi connectivity index (χ0v) is 16.4. The van der Waals surface area contributed by atoms with Crippen LogP contribution in [0.1, 0.15) is 18.1 Å². The van der Waals surface area contributed by atoms with Gasteiger partial charge < -0.3 is 15.0 Å². The van der Waals surface area contributed by atoms with Crippen molar-refractivity contribution in [2.45, 2.75) is 19.4 Å². The summed E-state index contributed by atoms with van der Waals surface area (Å²) in [6, 6.07) is 16.0. The van der Waals surface area contributed by atoms with Gasteiger partial charge in [-0.25, -0.2) is 0 Å². The van der Waals surface area contributed by atoms with Crippen molar-refractivity contribution in [2.24, 2.45) is 0 Å². The van der Waals surface area contributed by atoms with Crippen LogP contribution in [0.5, 0.6) is 0 Å². The van der Waals surface area contributed by atoms with Crippen LogP contribution in [0.25, 0.3) is 0 Å². The highest BCUT2D eigenvalue weighted by molar-refractivity contribution is 7.80. The number of amides is 1. The molecule has 2 saturated heterocycles. The number of rotatable bonds is 3. The number of hydrogen-bond donors (Lipinski definition) is 1. The first-order valence-corrected chi connectivity index (χ1v) is 9.56. The molecular weight excluding hydrogens is 358 g/mol. The van der Waals surface area contributed by atoms with Crippen LogP contribution in [0.2, 0.25) is 0 Å². The van der Waals surface area contributed by atoms with Crippen molar-refractivity contribution in [3.63, 3.8) is 0 Å². The number of carbonyl (C=O) groups is 1. The van der Waals surface area contributed by atoms with Gasteiger partial charge in [-0.05, 0) is 61.5 Å². The summed E-state index contributed by atoms with van der Waals surface area (Å²) in [5, 5.41) is 3.67. The van der Waals surface area contributed by atoms with Crippen LogP contribution < -0.4 is 15.1 Å². The van der Waals surface area contributed by atoms with E-state index in [1.165, 1.54) is 0 Å². The van der Waals surface area contributed by atoms with Gasteiger partial charge in [-0.15, -0.1) is 0 Å². The Labute approximate surface area is 164 Å². The Kier molecular flexibility index (Phi) is 4.61. The van der Waals surface area contributed by atoms with Crippen LogP contribution >= 0.6 is 12.2 Å². The van der Waals surface area contributed by atoms with E-state index in [0.29, 0.717) is 5.11 Å². The second kappa shape index (κ2) is 6.94. The summed E-state index contributed by atoms with van der Waals surface area (Å²) in [7, 11) is 0. The predicted octanol–water partition coefficient (Wildman–Crippen LogP) is 2.97. The van der Waals surface area contributed by atoms with E-state index in [9.17, 15) is 4.79 Å². The van der Waals surface area contributed by atoms with Crippen molar-refractivity contribution in [3.8, 4) is 0 Å². The number of morpholine rings is 1. The lowest BCUT2D eigenvalue weighted by Crippen LogP contribution is -2.41. The molecule has 5 nitrogen and oxygen atoms in total. The zero-order valence-electron chi connectivity index (χ0n) is 15.6. The molecule has 4 rings (SSSR count). The lowest BCUT2D eigenvalue weighted by atomic mass is 9.91. The smallest absolute Gasteiger partial charge is 0.263 e. The Balaban J connectivity index is 1.61. The van der Waals surface area contributed by atoms with Gasteiger partial charge in [0.05, 0.1) is 18.9 Å². The fourth-order valence-corrected chi connectivity index (χ4v) is 4.06. The number of thiocarbonyl (C=S) groups is 1. The number of ether oxygens (including phenoxy) is 1. The summed E-state index contributed by atoms with van der Waals surface area (Å²) >= 11 is 5.49. The quantitative estimate of drug-likeness (QED) is 0.828. The molecule has 140 valence electrons. The lowest BCUT2D eigenvalue weighted by Gasteiger charge is -2.29. The highest BCUT2D eigenvalue weighted by atomic mass is 32.1. The van der Waals surface area contributed by atoms with Gasteiger partial charge in [0.25, 0.3) is 5.91 Å². The zero-order chi connectivity index (χ0) is 19.0. The van der Waals surface area contributed by atoms with Gasteiger partial charge in [0.2, 0.25) is 0 Å². The van der Waals surface area contributed by atoms with E-state index >= 15 is 0 Å². The number of nitrogens with zero attached hydrogens (tertiary/aromatic N) is 2. The molecule has 27 heavy (non-hydrogen) atoms. The number of benzene rings is 2. The topological polar surface area (TPSA) is 44.8 Å². The van der Waals surface area contributed by atoms with Crippen LogP contribution in [0.4, 0.5) is 11.4 Å². The molecule has 2 aromatic carbocycles. The van der Waals surface area contributed by atoms with E-state index in [1.807, 2.05) is 50.2 Å². The second-order valence-corrected chi connectivity index (χ2v) is 7.57. The standard InChI is InChI=1S/C21H23N3O2S/c1-15-4-3-5-18(14-15)24-19(25)21(2,22-20(24)27)16-6-8-17(9-7-16)23-10-12-26-13-11-23/h3-9,14H,10-13H2,1-2H3,(H,22,27). The molecule has 0 aromatic heterocycles. The number of hydrogen-bond acceptors (Lipinski definition) is 4. The van der Waals surface area contributed by atoms with Gasteiger partial charge in [-0.3, -0.25) is 9.69 Å². The molecule has 0 aliphatic carbocycles. The van der Waals surface area contributed by atoms with E-state index < -0.39 is 5.54 Å².